The number of unbranched alkanes of at least 4 members (excludes halogenated alkanes) is 1. The Hall–Kier alpha value is -1.62. The first-order valence-corrected chi connectivity index (χ1v) is 6.31. The van der Waals surface area contributed by atoms with Crippen LogP contribution in [0, 0.1) is 6.92 Å². The van der Waals surface area contributed by atoms with Crippen molar-refractivity contribution in [2.75, 3.05) is 18.5 Å². The van der Waals surface area contributed by atoms with Crippen molar-refractivity contribution < 1.29 is 9.90 Å². The Morgan fingerprint density at radius 1 is 1.33 bits per heavy atom. The number of aromatic nitrogens is 1. The summed E-state index contributed by atoms with van der Waals surface area (Å²) in [5.74, 6) is 0. The minimum atomic E-state index is -0.247. The largest absolute Gasteiger partial charge is 0.396 e. The van der Waals surface area contributed by atoms with E-state index < -0.39 is 0 Å². The number of carbonyl (C=O) groups is 1. The molecule has 0 saturated carbocycles. The molecule has 0 atom stereocenters. The van der Waals surface area contributed by atoms with Gasteiger partial charge < -0.3 is 15.7 Å². The molecule has 0 fully saturated rings. The van der Waals surface area contributed by atoms with E-state index in [1.165, 1.54) is 0 Å². The molecule has 1 rings (SSSR count). The smallest absolute Gasteiger partial charge is 0.319 e. The first kappa shape index (κ1) is 16.4. The molecule has 1 aromatic heterocycles. The molecule has 2 amide bonds. The summed E-state index contributed by atoms with van der Waals surface area (Å²) in [6, 6.07) is 3.39. The van der Waals surface area contributed by atoms with E-state index in [-0.39, 0.29) is 12.6 Å². The average Bonchev–Trinajstić information content (AvgIpc) is 2.40. The fourth-order valence-corrected chi connectivity index (χ4v) is 1.16. The third-order valence-corrected chi connectivity index (χ3v) is 2.04. The van der Waals surface area contributed by atoms with Crippen LogP contribution in [0.1, 0.15) is 32.4 Å². The monoisotopic (exact) mass is 253 g/mol. The van der Waals surface area contributed by atoms with Gasteiger partial charge in [0.2, 0.25) is 0 Å². The summed E-state index contributed by atoms with van der Waals surface area (Å²) in [6.07, 6.45) is 3.09. The SMILES string of the molecule is CC.Cc1ccc(NC(=O)NCCCCO)cn1. The number of anilines is 1. The zero-order valence-corrected chi connectivity index (χ0v) is 11.4. The predicted octanol–water partition coefficient (Wildman–Crippen LogP) is 2.31. The molecule has 0 radical (unpaired) electrons. The Morgan fingerprint density at radius 2 is 2.06 bits per heavy atom. The minimum absolute atomic E-state index is 0.158. The average molecular weight is 253 g/mol. The number of amides is 2. The molecule has 18 heavy (non-hydrogen) atoms. The molecular weight excluding hydrogens is 230 g/mol. The second-order valence-corrected chi connectivity index (χ2v) is 3.50. The Labute approximate surface area is 109 Å². The number of carbonyl (C=O) groups excluding carboxylic acids is 1. The standard InChI is InChI=1S/C11H17N3O2.C2H6/c1-9-4-5-10(8-13-9)14-11(16)12-6-2-3-7-15;1-2/h4-5,8,15H,2-3,6-7H2,1H3,(H2,12,14,16);1-2H3. The Morgan fingerprint density at radius 3 is 2.61 bits per heavy atom. The van der Waals surface area contributed by atoms with Gasteiger partial charge in [-0.2, -0.15) is 0 Å². The first-order valence-electron chi connectivity index (χ1n) is 6.31. The van der Waals surface area contributed by atoms with Gasteiger partial charge in [0.15, 0.2) is 0 Å². The van der Waals surface area contributed by atoms with Crippen molar-refractivity contribution in [3.63, 3.8) is 0 Å². The lowest BCUT2D eigenvalue weighted by Gasteiger charge is -2.06. The lowest BCUT2D eigenvalue weighted by molar-refractivity contribution is 0.250. The highest BCUT2D eigenvalue weighted by atomic mass is 16.3. The molecule has 102 valence electrons. The molecule has 5 nitrogen and oxygen atoms in total. The Kier molecular flexibility index (Phi) is 9.58. The normalized spacial score (nSPS) is 9.11. The van der Waals surface area contributed by atoms with Crippen molar-refractivity contribution in [3.8, 4) is 0 Å². The van der Waals surface area contributed by atoms with Crippen molar-refractivity contribution in [1.82, 2.24) is 10.3 Å². The van der Waals surface area contributed by atoms with E-state index in [0.29, 0.717) is 18.7 Å². The van der Waals surface area contributed by atoms with Crippen molar-refractivity contribution >= 4 is 11.7 Å². The van der Waals surface area contributed by atoms with E-state index in [0.717, 1.165) is 12.1 Å². The molecule has 0 aromatic carbocycles. The first-order chi connectivity index (χ1) is 8.72. The molecule has 0 aliphatic carbocycles. The summed E-state index contributed by atoms with van der Waals surface area (Å²) in [4.78, 5) is 15.4. The summed E-state index contributed by atoms with van der Waals surface area (Å²) in [5, 5.41) is 13.9. The van der Waals surface area contributed by atoms with Crippen molar-refractivity contribution in [3.05, 3.63) is 24.0 Å². The van der Waals surface area contributed by atoms with Gasteiger partial charge in [-0.1, -0.05) is 13.8 Å². The van der Waals surface area contributed by atoms with Crippen LogP contribution in [-0.2, 0) is 0 Å². The summed E-state index contributed by atoms with van der Waals surface area (Å²) in [6.45, 7) is 6.61. The van der Waals surface area contributed by atoms with Crippen LogP contribution in [0.4, 0.5) is 10.5 Å². The highest BCUT2D eigenvalue weighted by Crippen LogP contribution is 2.04. The molecule has 0 bridgehead atoms. The Balaban J connectivity index is 0.00000137. The number of hydrogen-bond acceptors (Lipinski definition) is 3. The van der Waals surface area contributed by atoms with Crippen molar-refractivity contribution in [2.24, 2.45) is 0 Å². The van der Waals surface area contributed by atoms with Gasteiger partial charge in [-0.05, 0) is 31.9 Å². The molecule has 0 spiro atoms. The second kappa shape index (κ2) is 10.5. The second-order valence-electron chi connectivity index (χ2n) is 3.50. The number of nitrogens with one attached hydrogen (secondary N) is 2. The van der Waals surface area contributed by atoms with Crippen LogP contribution in [0.15, 0.2) is 18.3 Å². The number of hydrogen-bond donors (Lipinski definition) is 3. The maximum Gasteiger partial charge on any atom is 0.319 e. The van der Waals surface area contributed by atoms with E-state index in [4.69, 9.17) is 5.11 Å². The van der Waals surface area contributed by atoms with Gasteiger partial charge in [-0.15, -0.1) is 0 Å². The van der Waals surface area contributed by atoms with E-state index in [2.05, 4.69) is 15.6 Å². The van der Waals surface area contributed by atoms with Gasteiger partial charge in [0.25, 0.3) is 0 Å². The van der Waals surface area contributed by atoms with Crippen LogP contribution in [0.5, 0.6) is 0 Å². The fourth-order valence-electron chi connectivity index (χ4n) is 1.16. The number of rotatable bonds is 5. The highest BCUT2D eigenvalue weighted by Gasteiger charge is 2.00. The summed E-state index contributed by atoms with van der Waals surface area (Å²) in [7, 11) is 0. The summed E-state index contributed by atoms with van der Waals surface area (Å²) < 4.78 is 0. The van der Waals surface area contributed by atoms with Crippen LogP contribution < -0.4 is 10.6 Å². The number of aliphatic hydroxyl groups is 1. The maximum absolute atomic E-state index is 11.3. The number of aryl methyl sites for hydroxylation is 1. The van der Waals surface area contributed by atoms with Gasteiger partial charge in [0.1, 0.15) is 0 Å². The topological polar surface area (TPSA) is 74.2 Å². The molecular formula is C13H23N3O2. The molecule has 5 heteroatoms. The predicted molar refractivity (Wildman–Crippen MR) is 73.7 cm³/mol. The minimum Gasteiger partial charge on any atom is -0.396 e. The molecule has 0 aliphatic rings. The zero-order valence-electron chi connectivity index (χ0n) is 11.4. The van der Waals surface area contributed by atoms with Crippen LogP contribution in [0.3, 0.4) is 0 Å². The van der Waals surface area contributed by atoms with Gasteiger partial charge >= 0.3 is 6.03 Å². The van der Waals surface area contributed by atoms with Crippen LogP contribution in [-0.4, -0.2) is 29.3 Å². The lowest BCUT2D eigenvalue weighted by atomic mass is 10.3. The third kappa shape index (κ3) is 7.62. The molecule has 1 heterocycles. The van der Waals surface area contributed by atoms with Crippen molar-refractivity contribution in [1.29, 1.82) is 0 Å². The molecule has 0 unspecified atom stereocenters. The zero-order chi connectivity index (χ0) is 13.8. The Bertz CT molecular complexity index is 326. The van der Waals surface area contributed by atoms with Gasteiger partial charge in [-0.3, -0.25) is 4.98 Å². The fraction of sp³-hybridized carbons (Fsp3) is 0.538. The lowest BCUT2D eigenvalue weighted by Crippen LogP contribution is -2.29. The number of pyridine rings is 1. The van der Waals surface area contributed by atoms with Crippen LogP contribution >= 0.6 is 0 Å². The molecule has 1 aromatic rings. The molecule has 3 N–H and O–H groups in total. The third-order valence-electron chi connectivity index (χ3n) is 2.04. The van der Waals surface area contributed by atoms with E-state index in [1.807, 2.05) is 26.8 Å². The van der Waals surface area contributed by atoms with Gasteiger partial charge in [0.05, 0.1) is 11.9 Å². The number of aliphatic hydroxyl groups excluding tert-OH is 1. The number of nitrogens with zero attached hydrogens (tertiary/aromatic N) is 1. The molecule has 0 saturated heterocycles. The van der Waals surface area contributed by atoms with Crippen LogP contribution in [0.25, 0.3) is 0 Å². The quantitative estimate of drug-likeness (QED) is 0.705. The summed E-state index contributed by atoms with van der Waals surface area (Å²) in [5.41, 5.74) is 1.58. The van der Waals surface area contributed by atoms with Gasteiger partial charge in [0, 0.05) is 18.8 Å². The van der Waals surface area contributed by atoms with Crippen LogP contribution in [0.2, 0.25) is 0 Å². The highest BCUT2D eigenvalue weighted by molar-refractivity contribution is 5.88. The maximum atomic E-state index is 11.3. The van der Waals surface area contributed by atoms with E-state index in [1.54, 1.807) is 12.3 Å². The summed E-state index contributed by atoms with van der Waals surface area (Å²) >= 11 is 0. The van der Waals surface area contributed by atoms with Crippen molar-refractivity contribution in [2.45, 2.75) is 33.6 Å². The van der Waals surface area contributed by atoms with E-state index in [9.17, 15) is 4.79 Å². The van der Waals surface area contributed by atoms with E-state index >= 15 is 0 Å². The molecule has 0 aliphatic heterocycles. The number of urea groups is 1. The van der Waals surface area contributed by atoms with Gasteiger partial charge in [-0.25, -0.2) is 4.79 Å².